The highest BCUT2D eigenvalue weighted by Gasteiger charge is 2.50. The van der Waals surface area contributed by atoms with Crippen LogP contribution >= 0.6 is 23.8 Å². The van der Waals surface area contributed by atoms with Crippen LogP contribution in [0, 0.1) is 16.7 Å². The Balaban J connectivity index is 0.838. The molecule has 16 nitrogen and oxygen atoms in total. The molecule has 3 heterocycles. The molecule has 0 radical (unpaired) electrons. The minimum absolute atomic E-state index is 0.0207. The Hall–Kier alpha value is -5.90. The maximum Gasteiger partial charge on any atom is 0.259 e. The number of amides is 4. The van der Waals surface area contributed by atoms with Gasteiger partial charge in [0.15, 0.2) is 17.3 Å². The minimum Gasteiger partial charge on any atom is -0.494 e. The van der Waals surface area contributed by atoms with Gasteiger partial charge in [-0.25, -0.2) is 4.98 Å². The van der Waals surface area contributed by atoms with E-state index in [9.17, 15) is 29.5 Å². The molecule has 1 aromatic heterocycles. The van der Waals surface area contributed by atoms with Crippen LogP contribution in [0.2, 0.25) is 5.02 Å². The highest BCUT2D eigenvalue weighted by molar-refractivity contribution is 7.81. The number of aliphatic hydroxyl groups excluding tert-OH is 1. The molecule has 67 heavy (non-hydrogen) atoms. The fraction of sp³-hybridized carbons (Fsp3) is 0.449. The van der Waals surface area contributed by atoms with E-state index in [0.29, 0.717) is 60.7 Å². The summed E-state index contributed by atoms with van der Waals surface area (Å²) in [6, 6.07) is 19.8. The summed E-state index contributed by atoms with van der Waals surface area (Å²) in [4.78, 5) is 62.3. The zero-order valence-electron chi connectivity index (χ0n) is 38.5. The number of hydrogen-bond acceptors (Lipinski definition) is 12. The molecular formula is C49H58ClN7O9S. The Bertz CT molecular complexity index is 2400. The number of nitrogens with zero attached hydrogens (tertiary/aromatic N) is 5. The van der Waals surface area contributed by atoms with Crippen LogP contribution in [-0.4, -0.2) is 107 Å². The predicted molar refractivity (Wildman–Crippen MR) is 256 cm³/mol. The molecule has 2 fully saturated rings. The summed E-state index contributed by atoms with van der Waals surface area (Å²) in [7, 11) is 0. The number of β-amino-alcohol motifs (C(OH)–C–C–N with tert-alkyl or cyclic N) is 1. The third kappa shape index (κ3) is 12.8. The van der Waals surface area contributed by atoms with E-state index >= 15 is 0 Å². The number of nitrogens with one attached hydrogen (secondary N) is 2. The fourth-order valence-electron chi connectivity index (χ4n) is 7.83. The highest BCUT2D eigenvalue weighted by atomic mass is 35.5. The minimum atomic E-state index is -0.963. The van der Waals surface area contributed by atoms with Crippen molar-refractivity contribution in [3.8, 4) is 23.1 Å². The molecule has 2 saturated heterocycles. The van der Waals surface area contributed by atoms with Gasteiger partial charge in [-0.05, 0) is 105 Å². The van der Waals surface area contributed by atoms with E-state index < -0.39 is 41.0 Å². The summed E-state index contributed by atoms with van der Waals surface area (Å²) < 4.78 is 22.7. The van der Waals surface area contributed by atoms with Crippen LogP contribution in [0.15, 0.2) is 83.7 Å². The molecule has 0 saturated carbocycles. The average molecular weight is 957 g/mol. The summed E-state index contributed by atoms with van der Waals surface area (Å²) >= 11 is 12.0. The number of rotatable bonds is 21. The summed E-state index contributed by atoms with van der Waals surface area (Å²) in [6.07, 6.45) is 5.19. The number of anilines is 2. The molecule has 356 valence electrons. The van der Waals surface area contributed by atoms with Crippen LogP contribution in [0.4, 0.5) is 11.4 Å². The zero-order chi connectivity index (χ0) is 48.3. The van der Waals surface area contributed by atoms with Crippen LogP contribution in [0.3, 0.4) is 0 Å². The SMILES string of the molecule is CC(C)(C)C(NC(=O)COCCCCOCCCCOc1ccc(N2C(=S)N(c3ccc(C#N)c(Cl)c3)C(=O)C2(C)C)cc1)C(=O)N1C[C@H](O)C[C@H]1C(=O)NCc1ccc(-c2cnco2)cc1. The smallest absolute Gasteiger partial charge is 0.259 e. The van der Waals surface area contributed by atoms with Crippen molar-refractivity contribution in [1.29, 1.82) is 5.26 Å². The van der Waals surface area contributed by atoms with Gasteiger partial charge in [-0.1, -0.05) is 56.6 Å². The molecule has 0 spiro atoms. The van der Waals surface area contributed by atoms with Crippen molar-refractivity contribution in [2.45, 2.75) is 97.0 Å². The Morgan fingerprint density at radius 2 is 1.64 bits per heavy atom. The predicted octanol–water partition coefficient (Wildman–Crippen LogP) is 6.56. The molecule has 3 aromatic carbocycles. The zero-order valence-corrected chi connectivity index (χ0v) is 40.0. The van der Waals surface area contributed by atoms with E-state index in [4.69, 9.17) is 42.4 Å². The molecule has 0 bridgehead atoms. The maximum absolute atomic E-state index is 13.9. The second-order valence-corrected chi connectivity index (χ2v) is 18.8. The van der Waals surface area contributed by atoms with Crippen molar-refractivity contribution in [2.24, 2.45) is 5.41 Å². The molecular weight excluding hydrogens is 898 g/mol. The van der Waals surface area contributed by atoms with E-state index in [-0.39, 0.29) is 43.0 Å². The van der Waals surface area contributed by atoms with Crippen molar-refractivity contribution in [3.63, 3.8) is 0 Å². The summed E-state index contributed by atoms with van der Waals surface area (Å²) in [5.74, 6) is -0.181. The monoisotopic (exact) mass is 955 g/mol. The first kappa shape index (κ1) is 50.5. The molecule has 18 heteroatoms. The van der Waals surface area contributed by atoms with Crippen molar-refractivity contribution in [3.05, 3.63) is 95.5 Å². The number of aliphatic hydroxyl groups is 1. The number of hydrogen-bond donors (Lipinski definition) is 3. The van der Waals surface area contributed by atoms with E-state index in [1.54, 1.807) is 43.1 Å². The summed E-state index contributed by atoms with van der Waals surface area (Å²) in [5.41, 5.74) is 1.58. The van der Waals surface area contributed by atoms with Gasteiger partial charge >= 0.3 is 0 Å². The van der Waals surface area contributed by atoms with Crippen LogP contribution in [0.25, 0.3) is 11.3 Å². The number of nitriles is 1. The van der Waals surface area contributed by atoms with Crippen molar-refractivity contribution in [2.75, 3.05) is 49.4 Å². The second kappa shape index (κ2) is 22.7. The van der Waals surface area contributed by atoms with Crippen molar-refractivity contribution >= 4 is 63.9 Å². The van der Waals surface area contributed by atoms with E-state index in [2.05, 4.69) is 15.6 Å². The van der Waals surface area contributed by atoms with Gasteiger partial charge in [0.05, 0.1) is 35.2 Å². The van der Waals surface area contributed by atoms with E-state index in [0.717, 1.165) is 36.1 Å². The third-order valence-corrected chi connectivity index (χ3v) is 12.2. The summed E-state index contributed by atoms with van der Waals surface area (Å²) in [6.45, 7) is 11.0. The lowest BCUT2D eigenvalue weighted by Crippen LogP contribution is -2.58. The molecule has 3 N–H and O–H groups in total. The van der Waals surface area contributed by atoms with Crippen molar-refractivity contribution < 1.29 is 42.9 Å². The summed E-state index contributed by atoms with van der Waals surface area (Å²) in [5, 5.41) is 26.0. The number of oxazole rings is 1. The first-order chi connectivity index (χ1) is 32.0. The quantitative estimate of drug-likeness (QED) is 0.0600. The number of thiocarbonyl (C=S) groups is 1. The molecule has 1 unspecified atom stereocenters. The van der Waals surface area contributed by atoms with Gasteiger partial charge in [0.25, 0.3) is 5.91 Å². The Morgan fingerprint density at radius 1 is 0.985 bits per heavy atom. The lowest BCUT2D eigenvalue weighted by atomic mass is 9.85. The molecule has 2 aliphatic heterocycles. The normalized spacial score (nSPS) is 17.4. The third-order valence-electron chi connectivity index (χ3n) is 11.5. The Labute approximate surface area is 401 Å². The van der Waals surface area contributed by atoms with Gasteiger partial charge in [0.1, 0.15) is 36.0 Å². The topological polar surface area (TPSA) is 200 Å². The molecule has 4 aromatic rings. The van der Waals surface area contributed by atoms with Crippen LogP contribution in [0.1, 0.15) is 77.8 Å². The van der Waals surface area contributed by atoms with Crippen LogP contribution in [-0.2, 0) is 35.2 Å². The van der Waals surface area contributed by atoms with Gasteiger partial charge in [-0.2, -0.15) is 5.26 Å². The number of aromatic nitrogens is 1. The van der Waals surface area contributed by atoms with E-state index in [1.807, 2.05) is 75.4 Å². The van der Waals surface area contributed by atoms with Crippen molar-refractivity contribution in [1.82, 2.24) is 20.5 Å². The lowest BCUT2D eigenvalue weighted by molar-refractivity contribution is -0.144. The van der Waals surface area contributed by atoms with Gasteiger partial charge in [-0.15, -0.1) is 0 Å². The molecule has 4 amide bonds. The van der Waals surface area contributed by atoms with Gasteiger partial charge in [0, 0.05) is 50.6 Å². The average Bonchev–Trinajstić information content (AvgIpc) is 4.02. The molecule has 2 aliphatic rings. The first-order valence-corrected chi connectivity index (χ1v) is 23.1. The van der Waals surface area contributed by atoms with Gasteiger partial charge in [0.2, 0.25) is 17.7 Å². The lowest BCUT2D eigenvalue weighted by Gasteiger charge is -2.35. The standard InChI is InChI=1S/C49H58ClN7O9S/c1-48(2,3)43(45(61)55-29-37(58)25-40(55)44(60)53-27-32-10-12-33(13-11-32)41-28-52-31-66-41)54-42(59)30-64-22-7-6-20-63-21-8-9-23-65-38-18-16-35(17-19-38)57-47(67)56(46(62)49(57,4)5)36-15-14-34(26-51)39(50)24-36/h10-19,24,28,31,37,40,43,58H,6-9,20-23,25,27,29-30H2,1-5H3,(H,53,60)(H,54,59)/t37-,40+,43?/m1/s1. The Kier molecular flexibility index (Phi) is 17.1. The number of halogens is 1. The highest BCUT2D eigenvalue weighted by Crippen LogP contribution is 2.38. The number of benzene rings is 3. The van der Waals surface area contributed by atoms with Gasteiger partial charge in [-0.3, -0.25) is 24.1 Å². The van der Waals surface area contributed by atoms with Crippen LogP contribution < -0.4 is 25.2 Å². The number of carbonyl (C=O) groups is 4. The fourth-order valence-corrected chi connectivity index (χ4v) is 8.57. The van der Waals surface area contributed by atoms with E-state index in [1.165, 1.54) is 16.2 Å². The van der Waals surface area contributed by atoms with Gasteiger partial charge < -0.3 is 44.2 Å². The molecule has 3 atom stereocenters. The second-order valence-electron chi connectivity index (χ2n) is 18.1. The number of likely N-dealkylation sites (tertiary alicyclic amines) is 1. The molecule has 0 aliphatic carbocycles. The Morgan fingerprint density at radius 3 is 2.27 bits per heavy atom. The molecule has 6 rings (SSSR count). The number of unbranched alkanes of at least 4 members (excludes halogenated alkanes) is 2. The number of carbonyl (C=O) groups excluding carboxylic acids is 4. The number of ether oxygens (including phenoxy) is 3. The van der Waals surface area contributed by atoms with Crippen LogP contribution in [0.5, 0.6) is 5.75 Å². The maximum atomic E-state index is 13.9. The first-order valence-electron chi connectivity index (χ1n) is 22.3. The largest absolute Gasteiger partial charge is 0.494 e.